The van der Waals surface area contributed by atoms with Gasteiger partial charge >= 0.3 is 6.09 Å². The van der Waals surface area contributed by atoms with Crippen molar-refractivity contribution in [2.75, 3.05) is 0 Å². The van der Waals surface area contributed by atoms with E-state index in [-0.39, 0.29) is 11.4 Å². The Morgan fingerprint density at radius 2 is 1.66 bits per heavy atom. The van der Waals surface area contributed by atoms with Gasteiger partial charge in [0.25, 0.3) is 0 Å². The molecular formula is C26H20ClF2N3O3. The highest BCUT2D eigenvalue weighted by Crippen LogP contribution is 2.39. The summed E-state index contributed by atoms with van der Waals surface area (Å²) in [5.74, 6) is -4.39. The second kappa shape index (κ2) is 9.68. The largest absolute Gasteiger partial charge is 0.410 e. The van der Waals surface area contributed by atoms with E-state index in [9.17, 15) is 18.4 Å². The van der Waals surface area contributed by atoms with E-state index < -0.39 is 35.1 Å². The molecule has 4 N–H and O–H groups in total. The van der Waals surface area contributed by atoms with Crippen molar-refractivity contribution < 1.29 is 23.1 Å². The summed E-state index contributed by atoms with van der Waals surface area (Å²) >= 11 is 6.43. The van der Waals surface area contributed by atoms with Gasteiger partial charge < -0.3 is 16.2 Å². The number of hydrogen-bond acceptors (Lipinski definition) is 4. The van der Waals surface area contributed by atoms with Crippen LogP contribution >= 0.6 is 11.6 Å². The zero-order valence-corrected chi connectivity index (χ0v) is 19.3. The molecule has 0 saturated heterocycles. The van der Waals surface area contributed by atoms with Crippen LogP contribution in [0.5, 0.6) is 5.75 Å². The second-order valence-electron chi connectivity index (χ2n) is 7.76. The molecule has 3 aromatic carbocycles. The highest BCUT2D eigenvalue weighted by atomic mass is 35.5. The number of nitrogens with two attached hydrogens (primary N) is 2. The maximum Gasteiger partial charge on any atom is 0.409 e. The Hall–Kier alpha value is -4.04. The number of amides is 2. The molecule has 9 heteroatoms. The summed E-state index contributed by atoms with van der Waals surface area (Å²) in [5.41, 5.74) is 12.1. The molecule has 178 valence electrons. The van der Waals surface area contributed by atoms with Crippen molar-refractivity contribution in [3.05, 3.63) is 94.1 Å². The van der Waals surface area contributed by atoms with Crippen molar-refractivity contribution in [3.8, 4) is 17.0 Å². The van der Waals surface area contributed by atoms with Crippen LogP contribution in [0.4, 0.5) is 13.6 Å². The highest BCUT2D eigenvalue weighted by molar-refractivity contribution is 6.31. The summed E-state index contributed by atoms with van der Waals surface area (Å²) in [6.45, 7) is 1.92. The van der Waals surface area contributed by atoms with Gasteiger partial charge in [0.1, 0.15) is 23.3 Å². The molecule has 4 aromatic rings. The van der Waals surface area contributed by atoms with Crippen molar-refractivity contribution in [2.24, 2.45) is 11.5 Å². The van der Waals surface area contributed by atoms with Gasteiger partial charge in [-0.2, -0.15) is 0 Å². The number of pyridine rings is 1. The first kappa shape index (κ1) is 24.1. The van der Waals surface area contributed by atoms with Gasteiger partial charge in [0.05, 0.1) is 11.4 Å². The van der Waals surface area contributed by atoms with Gasteiger partial charge in [-0.3, -0.25) is 9.78 Å². The van der Waals surface area contributed by atoms with E-state index in [4.69, 9.17) is 27.8 Å². The van der Waals surface area contributed by atoms with Crippen LogP contribution in [-0.4, -0.2) is 17.0 Å². The summed E-state index contributed by atoms with van der Waals surface area (Å²) in [6, 6.07) is 14.8. The molecule has 6 nitrogen and oxygen atoms in total. The Balaban J connectivity index is 2.12. The number of primary amides is 2. The van der Waals surface area contributed by atoms with Crippen LogP contribution in [0.25, 0.3) is 22.0 Å². The standard InChI is InChI=1S/C26H20ClF2N3O3/c1-2-13-14(6-3-8-17(13)27)24-15-7-4-11-21(35-26(31)34)16(15)12-20(32-24)23(25(30)33)22-18(28)9-5-10-19(22)29/h3-12,23H,2H2,1H3,(H2,30,33)(H2,31,34). The van der Waals surface area contributed by atoms with Gasteiger partial charge in [-0.05, 0) is 42.3 Å². The lowest BCUT2D eigenvalue weighted by Crippen LogP contribution is -2.25. The smallest absolute Gasteiger partial charge is 0.409 e. The summed E-state index contributed by atoms with van der Waals surface area (Å²) < 4.78 is 34.6. The fraction of sp³-hybridized carbons (Fsp3) is 0.115. The molecule has 2 amide bonds. The molecule has 0 bridgehead atoms. The number of fused-ring (bicyclic) bond motifs is 1. The minimum atomic E-state index is -1.56. The molecule has 0 radical (unpaired) electrons. The number of rotatable bonds is 6. The number of hydrogen-bond donors (Lipinski definition) is 2. The fourth-order valence-corrected chi connectivity index (χ4v) is 4.49. The fourth-order valence-electron chi connectivity index (χ4n) is 4.18. The highest BCUT2D eigenvalue weighted by Gasteiger charge is 2.30. The van der Waals surface area contributed by atoms with Crippen molar-refractivity contribution in [1.82, 2.24) is 4.98 Å². The van der Waals surface area contributed by atoms with E-state index in [1.165, 1.54) is 18.2 Å². The van der Waals surface area contributed by atoms with Gasteiger partial charge in [-0.15, -0.1) is 0 Å². The number of ether oxygens (including phenoxy) is 1. The van der Waals surface area contributed by atoms with E-state index in [0.29, 0.717) is 33.5 Å². The third-order valence-electron chi connectivity index (χ3n) is 5.66. The molecule has 1 atom stereocenters. The van der Waals surface area contributed by atoms with Crippen LogP contribution in [0.3, 0.4) is 0 Å². The van der Waals surface area contributed by atoms with Crippen molar-refractivity contribution >= 4 is 34.4 Å². The lowest BCUT2D eigenvalue weighted by molar-refractivity contribution is -0.118. The monoisotopic (exact) mass is 495 g/mol. The number of benzene rings is 3. The van der Waals surface area contributed by atoms with Crippen molar-refractivity contribution in [1.29, 1.82) is 0 Å². The van der Waals surface area contributed by atoms with E-state index in [1.807, 2.05) is 6.92 Å². The maximum atomic E-state index is 14.7. The molecule has 1 heterocycles. The number of carbonyl (C=O) groups excluding carboxylic acids is 2. The van der Waals surface area contributed by atoms with Crippen LogP contribution in [0, 0.1) is 11.6 Å². The molecule has 1 unspecified atom stereocenters. The van der Waals surface area contributed by atoms with E-state index in [2.05, 4.69) is 4.98 Å². The molecule has 0 aliphatic rings. The van der Waals surface area contributed by atoms with E-state index in [1.54, 1.807) is 30.3 Å². The van der Waals surface area contributed by atoms with Crippen LogP contribution in [0.1, 0.15) is 29.7 Å². The first-order chi connectivity index (χ1) is 16.7. The van der Waals surface area contributed by atoms with Gasteiger partial charge in [0.2, 0.25) is 5.91 Å². The average molecular weight is 496 g/mol. The second-order valence-corrected chi connectivity index (χ2v) is 8.17. The molecule has 0 aliphatic heterocycles. The van der Waals surface area contributed by atoms with Crippen molar-refractivity contribution in [3.63, 3.8) is 0 Å². The van der Waals surface area contributed by atoms with Crippen molar-refractivity contribution in [2.45, 2.75) is 19.3 Å². The van der Waals surface area contributed by atoms with Crippen LogP contribution in [-0.2, 0) is 11.2 Å². The number of nitrogens with zero attached hydrogens (tertiary/aromatic N) is 1. The molecule has 35 heavy (non-hydrogen) atoms. The molecular weight excluding hydrogens is 476 g/mol. The van der Waals surface area contributed by atoms with Gasteiger partial charge in [-0.1, -0.05) is 48.9 Å². The Morgan fingerprint density at radius 3 is 2.29 bits per heavy atom. The zero-order valence-electron chi connectivity index (χ0n) is 18.5. The Labute approximate surface area is 204 Å². The molecule has 0 spiro atoms. The molecule has 1 aromatic heterocycles. The summed E-state index contributed by atoms with van der Waals surface area (Å²) in [5, 5.41) is 1.39. The van der Waals surface area contributed by atoms with Gasteiger partial charge in [0.15, 0.2) is 0 Å². The lowest BCUT2D eigenvalue weighted by Gasteiger charge is -2.19. The summed E-state index contributed by atoms with van der Waals surface area (Å²) in [6.07, 6.45) is -0.498. The van der Waals surface area contributed by atoms with Crippen LogP contribution in [0.15, 0.2) is 60.7 Å². The summed E-state index contributed by atoms with van der Waals surface area (Å²) in [4.78, 5) is 28.8. The zero-order chi connectivity index (χ0) is 25.3. The minimum Gasteiger partial charge on any atom is -0.410 e. The number of aromatic nitrogens is 1. The first-order valence-electron chi connectivity index (χ1n) is 10.6. The third kappa shape index (κ3) is 4.52. The summed E-state index contributed by atoms with van der Waals surface area (Å²) in [7, 11) is 0. The molecule has 0 saturated carbocycles. The third-order valence-corrected chi connectivity index (χ3v) is 6.02. The van der Waals surface area contributed by atoms with E-state index in [0.717, 1.165) is 17.7 Å². The Kier molecular flexibility index (Phi) is 6.66. The predicted octanol–water partition coefficient (Wildman–Crippen LogP) is 5.47. The molecule has 0 fully saturated rings. The molecule has 0 aliphatic carbocycles. The van der Waals surface area contributed by atoms with Crippen LogP contribution < -0.4 is 16.2 Å². The topological polar surface area (TPSA) is 108 Å². The molecule has 4 rings (SSSR count). The van der Waals surface area contributed by atoms with Gasteiger partial charge in [-0.25, -0.2) is 13.6 Å². The van der Waals surface area contributed by atoms with E-state index >= 15 is 0 Å². The first-order valence-corrected chi connectivity index (χ1v) is 11.0. The average Bonchev–Trinajstić information content (AvgIpc) is 2.80. The maximum absolute atomic E-state index is 14.7. The van der Waals surface area contributed by atoms with Crippen LogP contribution in [0.2, 0.25) is 5.02 Å². The number of carbonyl (C=O) groups is 2. The normalized spacial score (nSPS) is 11.9. The Morgan fingerprint density at radius 1 is 1.00 bits per heavy atom. The Bertz CT molecular complexity index is 1460. The minimum absolute atomic E-state index is 0.0356. The lowest BCUT2D eigenvalue weighted by atomic mass is 9.90. The van der Waals surface area contributed by atoms with Gasteiger partial charge in [0, 0.05) is 26.9 Å². The number of halogens is 3. The SMILES string of the molecule is CCc1c(Cl)cccc1-c1nc(C(C(N)=O)c2c(F)cccc2F)cc2c(OC(N)=O)cccc12. The predicted molar refractivity (Wildman–Crippen MR) is 129 cm³/mol. The quantitative estimate of drug-likeness (QED) is 0.369.